The minimum absolute atomic E-state index is 0.150. The molecular weight excluding hydrogens is 390 g/mol. The summed E-state index contributed by atoms with van der Waals surface area (Å²) in [5, 5.41) is 2.96. The van der Waals surface area contributed by atoms with Crippen LogP contribution in [-0.2, 0) is 4.74 Å². The van der Waals surface area contributed by atoms with E-state index in [1.54, 1.807) is 12.1 Å². The molecule has 0 spiro atoms. The summed E-state index contributed by atoms with van der Waals surface area (Å²) >= 11 is 0. The molecule has 1 saturated heterocycles. The van der Waals surface area contributed by atoms with Gasteiger partial charge in [0, 0.05) is 41.3 Å². The first kappa shape index (κ1) is 19.1. The first-order chi connectivity index (χ1) is 15.2. The van der Waals surface area contributed by atoms with Crippen molar-refractivity contribution in [2.45, 2.75) is 0 Å². The highest BCUT2D eigenvalue weighted by molar-refractivity contribution is 6.04. The summed E-state index contributed by atoms with van der Waals surface area (Å²) in [6.45, 7) is 3.26. The molecule has 1 aliphatic rings. The monoisotopic (exact) mass is 413 g/mol. The molecule has 2 heterocycles. The standard InChI is InChI=1S/C24H23N5O2/c25-18-5-10-21-22(15-18)28-23(27-21)16-1-3-17(4-2-16)24(30)26-19-6-8-20(9-7-19)29-11-13-31-14-12-29/h1-10,15H,11-14,25H2,(H,26,30)(H,27,28). The maximum atomic E-state index is 12.7. The van der Waals surface area contributed by atoms with E-state index in [0.717, 1.165) is 60.1 Å². The number of ether oxygens (including phenoxy) is 1. The van der Waals surface area contributed by atoms with Crippen LogP contribution < -0.4 is 16.0 Å². The number of imidazole rings is 1. The van der Waals surface area contributed by atoms with E-state index in [2.05, 4.69) is 20.2 Å². The molecule has 0 radical (unpaired) electrons. The summed E-state index contributed by atoms with van der Waals surface area (Å²) < 4.78 is 5.39. The van der Waals surface area contributed by atoms with E-state index in [4.69, 9.17) is 10.5 Å². The Morgan fingerprint density at radius 1 is 1.00 bits per heavy atom. The number of nitrogen functional groups attached to an aromatic ring is 1. The minimum Gasteiger partial charge on any atom is -0.399 e. The number of anilines is 3. The second kappa shape index (κ2) is 8.12. The molecule has 0 bridgehead atoms. The Balaban J connectivity index is 1.27. The second-order valence-electron chi connectivity index (χ2n) is 7.54. The summed E-state index contributed by atoms with van der Waals surface area (Å²) in [6, 6.07) is 20.9. The zero-order chi connectivity index (χ0) is 21.2. The third-order valence-corrected chi connectivity index (χ3v) is 5.43. The number of nitrogens with zero attached hydrogens (tertiary/aromatic N) is 2. The molecule has 0 unspecified atom stereocenters. The summed E-state index contributed by atoms with van der Waals surface area (Å²) in [7, 11) is 0. The molecule has 5 rings (SSSR count). The Bertz CT molecular complexity index is 1210. The lowest BCUT2D eigenvalue weighted by Gasteiger charge is -2.28. The normalized spacial score (nSPS) is 14.0. The minimum atomic E-state index is -0.150. The van der Waals surface area contributed by atoms with Gasteiger partial charge in [-0.05, 0) is 54.6 Å². The molecule has 1 aliphatic heterocycles. The van der Waals surface area contributed by atoms with Crippen LogP contribution in [0.3, 0.4) is 0 Å². The highest BCUT2D eigenvalue weighted by atomic mass is 16.5. The molecule has 7 heteroatoms. The van der Waals surface area contributed by atoms with Gasteiger partial charge in [0.1, 0.15) is 5.82 Å². The summed E-state index contributed by atoms with van der Waals surface area (Å²) in [5.74, 6) is 0.592. The molecule has 3 aromatic carbocycles. The van der Waals surface area contributed by atoms with Crippen molar-refractivity contribution in [3.05, 3.63) is 72.3 Å². The van der Waals surface area contributed by atoms with Gasteiger partial charge in [-0.15, -0.1) is 0 Å². The van der Waals surface area contributed by atoms with Crippen molar-refractivity contribution in [3.63, 3.8) is 0 Å². The molecule has 1 aromatic heterocycles. The molecule has 1 fully saturated rings. The second-order valence-corrected chi connectivity index (χ2v) is 7.54. The number of aromatic amines is 1. The molecule has 31 heavy (non-hydrogen) atoms. The van der Waals surface area contributed by atoms with E-state index in [-0.39, 0.29) is 5.91 Å². The average molecular weight is 413 g/mol. The smallest absolute Gasteiger partial charge is 0.255 e. The van der Waals surface area contributed by atoms with E-state index in [1.807, 2.05) is 54.6 Å². The molecule has 0 aliphatic carbocycles. The molecule has 4 aromatic rings. The fourth-order valence-corrected chi connectivity index (χ4v) is 3.72. The van der Waals surface area contributed by atoms with Crippen molar-refractivity contribution in [1.82, 2.24) is 9.97 Å². The van der Waals surface area contributed by atoms with Crippen LogP contribution in [0.4, 0.5) is 17.1 Å². The topological polar surface area (TPSA) is 96.3 Å². The molecule has 0 saturated carbocycles. The van der Waals surface area contributed by atoms with Crippen LogP contribution in [0.15, 0.2) is 66.7 Å². The Hall–Kier alpha value is -3.84. The lowest BCUT2D eigenvalue weighted by Crippen LogP contribution is -2.36. The number of amides is 1. The highest BCUT2D eigenvalue weighted by Gasteiger charge is 2.12. The zero-order valence-corrected chi connectivity index (χ0v) is 17.0. The third kappa shape index (κ3) is 4.08. The van der Waals surface area contributed by atoms with Crippen molar-refractivity contribution in [3.8, 4) is 11.4 Å². The molecule has 7 nitrogen and oxygen atoms in total. The van der Waals surface area contributed by atoms with Crippen molar-refractivity contribution in [1.29, 1.82) is 0 Å². The van der Waals surface area contributed by atoms with Crippen molar-refractivity contribution < 1.29 is 9.53 Å². The number of morpholine rings is 1. The zero-order valence-electron chi connectivity index (χ0n) is 17.0. The lowest BCUT2D eigenvalue weighted by atomic mass is 10.1. The molecular formula is C24H23N5O2. The highest BCUT2D eigenvalue weighted by Crippen LogP contribution is 2.23. The number of hydrogen-bond donors (Lipinski definition) is 3. The van der Waals surface area contributed by atoms with Crippen LogP contribution in [-0.4, -0.2) is 42.2 Å². The van der Waals surface area contributed by atoms with Gasteiger partial charge in [0.2, 0.25) is 0 Å². The number of nitrogens with one attached hydrogen (secondary N) is 2. The van der Waals surface area contributed by atoms with Crippen LogP contribution in [0.5, 0.6) is 0 Å². The van der Waals surface area contributed by atoms with Gasteiger partial charge in [-0.25, -0.2) is 4.98 Å². The Morgan fingerprint density at radius 2 is 1.74 bits per heavy atom. The van der Waals surface area contributed by atoms with Crippen LogP contribution in [0.25, 0.3) is 22.4 Å². The number of fused-ring (bicyclic) bond motifs is 1. The van der Waals surface area contributed by atoms with Gasteiger partial charge in [0.05, 0.1) is 24.2 Å². The number of H-pyrrole nitrogens is 1. The van der Waals surface area contributed by atoms with Crippen LogP contribution >= 0.6 is 0 Å². The number of hydrogen-bond acceptors (Lipinski definition) is 5. The quantitative estimate of drug-likeness (QED) is 0.441. The number of benzene rings is 3. The number of carbonyl (C=O) groups is 1. The van der Waals surface area contributed by atoms with E-state index < -0.39 is 0 Å². The van der Waals surface area contributed by atoms with E-state index in [1.165, 1.54) is 0 Å². The summed E-state index contributed by atoms with van der Waals surface area (Å²) in [4.78, 5) is 22.8. The van der Waals surface area contributed by atoms with Gasteiger partial charge in [0.25, 0.3) is 5.91 Å². The Morgan fingerprint density at radius 3 is 2.48 bits per heavy atom. The summed E-state index contributed by atoms with van der Waals surface area (Å²) in [6.07, 6.45) is 0. The van der Waals surface area contributed by atoms with Gasteiger partial charge in [-0.1, -0.05) is 12.1 Å². The molecule has 4 N–H and O–H groups in total. The first-order valence-electron chi connectivity index (χ1n) is 10.3. The number of carbonyl (C=O) groups excluding carboxylic acids is 1. The maximum Gasteiger partial charge on any atom is 0.255 e. The first-order valence-corrected chi connectivity index (χ1v) is 10.3. The third-order valence-electron chi connectivity index (χ3n) is 5.43. The van der Waals surface area contributed by atoms with Gasteiger partial charge in [0.15, 0.2) is 0 Å². The predicted octanol–water partition coefficient (Wildman–Crippen LogP) is 3.90. The van der Waals surface area contributed by atoms with Crippen molar-refractivity contribution >= 4 is 34.0 Å². The van der Waals surface area contributed by atoms with Crippen LogP contribution in [0.2, 0.25) is 0 Å². The number of nitrogens with two attached hydrogens (primary N) is 1. The van der Waals surface area contributed by atoms with Gasteiger partial charge >= 0.3 is 0 Å². The van der Waals surface area contributed by atoms with Gasteiger partial charge in [-0.2, -0.15) is 0 Å². The van der Waals surface area contributed by atoms with E-state index in [9.17, 15) is 4.79 Å². The fourth-order valence-electron chi connectivity index (χ4n) is 3.72. The molecule has 0 atom stereocenters. The number of aromatic nitrogens is 2. The van der Waals surface area contributed by atoms with Crippen LogP contribution in [0, 0.1) is 0 Å². The van der Waals surface area contributed by atoms with Gasteiger partial charge in [-0.3, -0.25) is 4.79 Å². The average Bonchev–Trinajstić information content (AvgIpc) is 3.23. The van der Waals surface area contributed by atoms with Gasteiger partial charge < -0.3 is 25.7 Å². The Kier molecular flexibility index (Phi) is 5.01. The van der Waals surface area contributed by atoms with Crippen molar-refractivity contribution in [2.24, 2.45) is 0 Å². The molecule has 156 valence electrons. The van der Waals surface area contributed by atoms with E-state index >= 15 is 0 Å². The fraction of sp³-hybridized carbons (Fsp3) is 0.167. The van der Waals surface area contributed by atoms with Crippen molar-refractivity contribution in [2.75, 3.05) is 42.3 Å². The Labute approximate surface area is 179 Å². The number of rotatable bonds is 4. The molecule has 1 amide bonds. The van der Waals surface area contributed by atoms with E-state index in [0.29, 0.717) is 11.3 Å². The maximum absolute atomic E-state index is 12.7. The summed E-state index contributed by atoms with van der Waals surface area (Å²) in [5.41, 5.74) is 11.6. The lowest BCUT2D eigenvalue weighted by molar-refractivity contribution is 0.102. The largest absolute Gasteiger partial charge is 0.399 e. The predicted molar refractivity (Wildman–Crippen MR) is 123 cm³/mol. The SMILES string of the molecule is Nc1ccc2[nH]c(-c3ccc(C(=O)Nc4ccc(N5CCOCC5)cc4)cc3)nc2c1. The van der Waals surface area contributed by atoms with Crippen LogP contribution in [0.1, 0.15) is 10.4 Å².